The lowest BCUT2D eigenvalue weighted by atomic mass is 9.96. The van der Waals surface area contributed by atoms with E-state index in [1.807, 2.05) is 6.07 Å². The Morgan fingerprint density at radius 1 is 0.967 bits per heavy atom. The maximum absolute atomic E-state index is 12.6. The summed E-state index contributed by atoms with van der Waals surface area (Å²) in [5, 5.41) is 14.0. The van der Waals surface area contributed by atoms with Crippen molar-refractivity contribution < 1.29 is 14.0 Å². The van der Waals surface area contributed by atoms with Crippen molar-refractivity contribution in [1.82, 2.24) is 10.2 Å². The Balaban J connectivity index is 1.28. The summed E-state index contributed by atoms with van der Waals surface area (Å²) in [6.45, 7) is 1.46. The second kappa shape index (κ2) is 8.96. The van der Waals surface area contributed by atoms with Crippen molar-refractivity contribution in [3.63, 3.8) is 0 Å². The molecule has 3 aromatic rings. The molecule has 8 nitrogen and oxygen atoms in total. The van der Waals surface area contributed by atoms with Gasteiger partial charge in [-0.05, 0) is 61.4 Å². The highest BCUT2D eigenvalue weighted by Crippen LogP contribution is 2.24. The number of benzene rings is 1. The number of amides is 2. The maximum atomic E-state index is 12.6. The molecule has 1 saturated heterocycles. The van der Waals surface area contributed by atoms with Crippen molar-refractivity contribution in [1.29, 1.82) is 0 Å². The SMILES string of the molecule is O=C(Nc1ccc(NC(=O)C2CCN(c3ccc(Cl)nn3)CC2)cc1)c1ccco1. The third-order valence-corrected chi connectivity index (χ3v) is 5.16. The van der Waals surface area contributed by atoms with Gasteiger partial charge in [-0.25, -0.2) is 0 Å². The Labute approximate surface area is 178 Å². The Morgan fingerprint density at radius 2 is 1.67 bits per heavy atom. The summed E-state index contributed by atoms with van der Waals surface area (Å²) in [4.78, 5) is 26.7. The summed E-state index contributed by atoms with van der Waals surface area (Å²) in [6, 6.07) is 13.8. The van der Waals surface area contributed by atoms with E-state index in [9.17, 15) is 9.59 Å². The number of nitrogens with zero attached hydrogens (tertiary/aromatic N) is 3. The summed E-state index contributed by atoms with van der Waals surface area (Å²) in [6.07, 6.45) is 2.90. The highest BCUT2D eigenvalue weighted by atomic mass is 35.5. The van der Waals surface area contributed by atoms with Gasteiger partial charge in [0.15, 0.2) is 16.7 Å². The van der Waals surface area contributed by atoms with Crippen molar-refractivity contribution in [2.75, 3.05) is 28.6 Å². The number of furan rings is 1. The number of nitrogens with one attached hydrogen (secondary N) is 2. The molecule has 3 heterocycles. The lowest BCUT2D eigenvalue weighted by Gasteiger charge is -2.31. The van der Waals surface area contributed by atoms with Crippen LogP contribution < -0.4 is 15.5 Å². The number of halogens is 1. The van der Waals surface area contributed by atoms with Crippen molar-refractivity contribution >= 4 is 40.6 Å². The third kappa shape index (κ3) is 4.77. The Hall–Kier alpha value is -3.39. The molecule has 0 radical (unpaired) electrons. The van der Waals surface area contributed by atoms with E-state index in [0.29, 0.717) is 16.5 Å². The van der Waals surface area contributed by atoms with Crippen molar-refractivity contribution in [2.45, 2.75) is 12.8 Å². The van der Waals surface area contributed by atoms with Gasteiger partial charge in [-0.15, -0.1) is 10.2 Å². The van der Waals surface area contributed by atoms with Crippen molar-refractivity contribution in [2.24, 2.45) is 5.92 Å². The molecule has 154 valence electrons. The standard InChI is InChI=1S/C21H20ClN5O3/c22-18-7-8-19(26-25-18)27-11-9-14(10-12-27)20(28)23-15-3-5-16(6-4-15)24-21(29)17-2-1-13-30-17/h1-8,13-14H,9-12H2,(H,23,28)(H,24,29). The normalized spacial score (nSPS) is 14.4. The predicted octanol–water partition coefficient (Wildman–Crippen LogP) is 3.83. The molecule has 1 aromatic carbocycles. The van der Waals surface area contributed by atoms with E-state index < -0.39 is 0 Å². The van der Waals surface area contributed by atoms with Crippen LogP contribution in [0.4, 0.5) is 17.2 Å². The predicted molar refractivity (Wildman–Crippen MR) is 114 cm³/mol. The van der Waals surface area contributed by atoms with E-state index in [2.05, 4.69) is 25.7 Å². The van der Waals surface area contributed by atoms with Gasteiger partial charge in [0.1, 0.15) is 0 Å². The van der Waals surface area contributed by atoms with Crippen LogP contribution in [-0.2, 0) is 4.79 Å². The van der Waals surface area contributed by atoms with Gasteiger partial charge in [0.25, 0.3) is 5.91 Å². The zero-order valence-corrected chi connectivity index (χ0v) is 16.8. The van der Waals surface area contributed by atoms with Crippen molar-refractivity contribution in [3.05, 3.63) is 65.7 Å². The quantitative estimate of drug-likeness (QED) is 0.644. The van der Waals surface area contributed by atoms with Crippen LogP contribution in [0.1, 0.15) is 23.4 Å². The zero-order chi connectivity index (χ0) is 20.9. The van der Waals surface area contributed by atoms with Gasteiger partial charge in [0.2, 0.25) is 5.91 Å². The second-order valence-corrected chi connectivity index (χ2v) is 7.36. The van der Waals surface area contributed by atoms with Gasteiger partial charge in [-0.2, -0.15) is 0 Å². The van der Waals surface area contributed by atoms with Gasteiger partial charge in [-0.3, -0.25) is 9.59 Å². The third-order valence-electron chi connectivity index (χ3n) is 4.96. The Kier molecular flexibility index (Phi) is 5.94. The lowest BCUT2D eigenvalue weighted by Crippen LogP contribution is -2.38. The molecule has 2 N–H and O–H groups in total. The number of carbonyl (C=O) groups excluding carboxylic acids is 2. The van der Waals surface area contributed by atoms with Gasteiger partial charge in [-0.1, -0.05) is 11.6 Å². The molecule has 0 unspecified atom stereocenters. The molecule has 0 atom stereocenters. The minimum atomic E-state index is -0.325. The first-order valence-electron chi connectivity index (χ1n) is 9.58. The molecule has 9 heteroatoms. The monoisotopic (exact) mass is 425 g/mol. The van der Waals surface area contributed by atoms with Crippen LogP contribution >= 0.6 is 11.6 Å². The molecule has 0 aliphatic carbocycles. The van der Waals surface area contributed by atoms with Crippen LogP contribution in [0.2, 0.25) is 5.15 Å². The molecule has 2 amide bonds. The lowest BCUT2D eigenvalue weighted by molar-refractivity contribution is -0.120. The molecule has 4 rings (SSSR count). The van der Waals surface area contributed by atoms with Crippen LogP contribution in [0.3, 0.4) is 0 Å². The minimum Gasteiger partial charge on any atom is -0.459 e. The van der Waals surface area contributed by atoms with E-state index in [4.69, 9.17) is 16.0 Å². The minimum absolute atomic E-state index is 0.00999. The number of hydrogen-bond donors (Lipinski definition) is 2. The molecule has 0 saturated carbocycles. The molecular formula is C21H20ClN5O3. The second-order valence-electron chi connectivity index (χ2n) is 6.97. The molecule has 1 fully saturated rings. The van der Waals surface area contributed by atoms with Crippen LogP contribution in [0, 0.1) is 5.92 Å². The molecule has 0 spiro atoms. The smallest absolute Gasteiger partial charge is 0.291 e. The van der Waals surface area contributed by atoms with Crippen molar-refractivity contribution in [3.8, 4) is 0 Å². The van der Waals surface area contributed by atoms with E-state index in [1.165, 1.54) is 6.26 Å². The van der Waals surface area contributed by atoms with Crippen LogP contribution in [0.15, 0.2) is 59.2 Å². The first-order chi connectivity index (χ1) is 14.6. The summed E-state index contributed by atoms with van der Waals surface area (Å²) in [5.74, 6) is 0.603. The molecule has 30 heavy (non-hydrogen) atoms. The first-order valence-corrected chi connectivity index (χ1v) is 9.96. The van der Waals surface area contributed by atoms with Gasteiger partial charge in [0, 0.05) is 30.4 Å². The van der Waals surface area contributed by atoms with Gasteiger partial charge < -0.3 is 20.0 Å². The Bertz CT molecular complexity index is 998. The molecular weight excluding hydrogens is 406 g/mol. The number of piperidine rings is 1. The van der Waals surface area contributed by atoms with Gasteiger partial charge >= 0.3 is 0 Å². The number of anilines is 3. The fraction of sp³-hybridized carbons (Fsp3) is 0.238. The first kappa shape index (κ1) is 19.9. The fourth-order valence-electron chi connectivity index (χ4n) is 3.33. The van der Waals surface area contributed by atoms with E-state index >= 15 is 0 Å². The fourth-order valence-corrected chi connectivity index (χ4v) is 3.43. The summed E-state index contributed by atoms with van der Waals surface area (Å²) in [7, 11) is 0. The summed E-state index contributed by atoms with van der Waals surface area (Å²) in [5.41, 5.74) is 1.30. The van der Waals surface area contributed by atoms with Crippen LogP contribution in [-0.4, -0.2) is 35.1 Å². The highest BCUT2D eigenvalue weighted by Gasteiger charge is 2.26. The largest absolute Gasteiger partial charge is 0.459 e. The van der Waals surface area contributed by atoms with Gasteiger partial charge in [0.05, 0.1) is 6.26 Å². The van der Waals surface area contributed by atoms with Crippen LogP contribution in [0.5, 0.6) is 0 Å². The summed E-state index contributed by atoms with van der Waals surface area (Å²) < 4.78 is 5.07. The molecule has 0 bridgehead atoms. The topological polar surface area (TPSA) is 100 Å². The summed E-state index contributed by atoms with van der Waals surface area (Å²) >= 11 is 5.78. The maximum Gasteiger partial charge on any atom is 0.291 e. The van der Waals surface area contributed by atoms with E-state index in [1.54, 1.807) is 42.5 Å². The van der Waals surface area contributed by atoms with Crippen LogP contribution in [0.25, 0.3) is 0 Å². The van der Waals surface area contributed by atoms with E-state index in [-0.39, 0.29) is 23.5 Å². The molecule has 1 aliphatic rings. The van der Waals surface area contributed by atoms with E-state index in [0.717, 1.165) is 31.7 Å². The zero-order valence-electron chi connectivity index (χ0n) is 16.0. The molecule has 2 aromatic heterocycles. The number of hydrogen-bond acceptors (Lipinski definition) is 6. The number of carbonyl (C=O) groups is 2. The number of aromatic nitrogens is 2. The average Bonchev–Trinajstić information content (AvgIpc) is 3.31. The highest BCUT2D eigenvalue weighted by molar-refractivity contribution is 6.29. The Morgan fingerprint density at radius 3 is 2.27 bits per heavy atom. The average molecular weight is 426 g/mol. The number of rotatable bonds is 5. The molecule has 1 aliphatic heterocycles.